The molecule has 1 aromatic rings. The van der Waals surface area contributed by atoms with Gasteiger partial charge in [0.15, 0.2) is 0 Å². The number of aryl methyl sites for hydroxylation is 1. The molecular weight excluding hydrogens is 243 g/mol. The van der Waals surface area contributed by atoms with E-state index in [1.165, 1.54) is 0 Å². The van der Waals surface area contributed by atoms with Crippen molar-refractivity contribution in [1.82, 2.24) is 10.2 Å². The van der Waals surface area contributed by atoms with Gasteiger partial charge in [0.25, 0.3) is 0 Å². The first-order chi connectivity index (χ1) is 9.06. The van der Waals surface area contributed by atoms with E-state index in [9.17, 15) is 4.39 Å². The van der Waals surface area contributed by atoms with Crippen molar-refractivity contribution in [3.63, 3.8) is 0 Å². The van der Waals surface area contributed by atoms with Crippen LogP contribution in [0.1, 0.15) is 24.1 Å². The molecule has 2 rings (SSSR count). The first-order valence-electron chi connectivity index (χ1n) is 6.86. The highest BCUT2D eigenvalue weighted by molar-refractivity contribution is 5.25. The molecule has 2 unspecified atom stereocenters. The van der Waals surface area contributed by atoms with Crippen LogP contribution < -0.4 is 5.32 Å². The van der Waals surface area contributed by atoms with Crippen LogP contribution >= 0.6 is 0 Å². The fourth-order valence-electron chi connectivity index (χ4n) is 2.29. The van der Waals surface area contributed by atoms with Gasteiger partial charge in [-0.1, -0.05) is 12.1 Å². The number of morpholine rings is 1. The van der Waals surface area contributed by atoms with Gasteiger partial charge >= 0.3 is 0 Å². The Kier molecular flexibility index (Phi) is 4.91. The zero-order chi connectivity index (χ0) is 13.8. The summed E-state index contributed by atoms with van der Waals surface area (Å²) in [4.78, 5) is 2.27. The summed E-state index contributed by atoms with van der Waals surface area (Å²) in [5.74, 6) is -0.139. The normalized spacial score (nSPS) is 22.4. The van der Waals surface area contributed by atoms with Crippen LogP contribution in [0.15, 0.2) is 18.2 Å². The topological polar surface area (TPSA) is 24.5 Å². The van der Waals surface area contributed by atoms with Crippen molar-refractivity contribution < 1.29 is 9.13 Å². The fourth-order valence-corrected chi connectivity index (χ4v) is 2.29. The van der Waals surface area contributed by atoms with E-state index in [1.807, 2.05) is 12.1 Å². The van der Waals surface area contributed by atoms with Crippen molar-refractivity contribution >= 4 is 0 Å². The number of likely N-dealkylation sites (N-methyl/N-ethyl adjacent to an activating group) is 1. The molecule has 1 fully saturated rings. The van der Waals surface area contributed by atoms with Gasteiger partial charge in [0, 0.05) is 25.7 Å². The Morgan fingerprint density at radius 3 is 3.00 bits per heavy atom. The number of nitrogens with one attached hydrogen (secondary N) is 1. The summed E-state index contributed by atoms with van der Waals surface area (Å²) in [6, 6.07) is 5.55. The summed E-state index contributed by atoms with van der Waals surface area (Å²) in [6.07, 6.45) is 0.219. The Bertz CT molecular complexity index is 425. The Morgan fingerprint density at radius 1 is 1.53 bits per heavy atom. The third-order valence-electron chi connectivity index (χ3n) is 3.69. The van der Waals surface area contributed by atoms with Crippen LogP contribution in [0.2, 0.25) is 0 Å². The molecule has 1 N–H and O–H groups in total. The molecule has 0 spiro atoms. The van der Waals surface area contributed by atoms with E-state index in [0.29, 0.717) is 5.56 Å². The second kappa shape index (κ2) is 6.46. The number of nitrogens with zero attached hydrogens (tertiary/aromatic N) is 1. The zero-order valence-corrected chi connectivity index (χ0v) is 11.9. The van der Waals surface area contributed by atoms with Crippen molar-refractivity contribution in [3.8, 4) is 0 Å². The number of hydrogen-bond acceptors (Lipinski definition) is 3. The van der Waals surface area contributed by atoms with Crippen LogP contribution in [-0.4, -0.2) is 44.3 Å². The van der Waals surface area contributed by atoms with Gasteiger partial charge in [-0.15, -0.1) is 0 Å². The molecule has 0 aromatic heterocycles. The van der Waals surface area contributed by atoms with Gasteiger partial charge in [-0.3, -0.25) is 0 Å². The maximum Gasteiger partial charge on any atom is 0.126 e. The molecule has 1 aliphatic rings. The van der Waals surface area contributed by atoms with Gasteiger partial charge in [0.1, 0.15) is 5.82 Å². The first kappa shape index (κ1) is 14.4. The third-order valence-corrected chi connectivity index (χ3v) is 3.69. The predicted octanol–water partition coefficient (Wildman–Crippen LogP) is 2.12. The third kappa shape index (κ3) is 4.00. The molecule has 19 heavy (non-hydrogen) atoms. The van der Waals surface area contributed by atoms with Crippen molar-refractivity contribution in [2.75, 3.05) is 33.3 Å². The van der Waals surface area contributed by atoms with Gasteiger partial charge in [0.2, 0.25) is 0 Å². The molecule has 1 aromatic carbocycles. The number of benzene rings is 1. The zero-order valence-electron chi connectivity index (χ0n) is 11.9. The molecular formula is C15H23FN2O. The molecule has 2 atom stereocenters. The molecule has 3 nitrogen and oxygen atoms in total. The molecule has 0 amide bonds. The Balaban J connectivity index is 1.86. The van der Waals surface area contributed by atoms with E-state index in [4.69, 9.17) is 4.74 Å². The predicted molar refractivity (Wildman–Crippen MR) is 74.8 cm³/mol. The van der Waals surface area contributed by atoms with E-state index in [2.05, 4.69) is 24.2 Å². The SMILES string of the molecule is Cc1ccc(C(C)NCC2CN(C)CCO2)cc1F. The van der Waals surface area contributed by atoms with E-state index in [1.54, 1.807) is 13.0 Å². The second-order valence-electron chi connectivity index (χ2n) is 5.39. The lowest BCUT2D eigenvalue weighted by Crippen LogP contribution is -2.45. The summed E-state index contributed by atoms with van der Waals surface area (Å²) >= 11 is 0. The molecule has 0 radical (unpaired) electrons. The minimum atomic E-state index is -0.139. The van der Waals surface area contributed by atoms with E-state index < -0.39 is 0 Å². The van der Waals surface area contributed by atoms with Crippen LogP contribution in [0.4, 0.5) is 4.39 Å². The first-order valence-corrected chi connectivity index (χ1v) is 6.86. The smallest absolute Gasteiger partial charge is 0.126 e. The van der Waals surface area contributed by atoms with Crippen molar-refractivity contribution in [2.45, 2.75) is 26.0 Å². The van der Waals surface area contributed by atoms with Gasteiger partial charge in [0.05, 0.1) is 12.7 Å². The number of hydrogen-bond donors (Lipinski definition) is 1. The average Bonchev–Trinajstić information content (AvgIpc) is 2.39. The number of rotatable bonds is 4. The number of halogens is 1. The van der Waals surface area contributed by atoms with Gasteiger partial charge in [-0.2, -0.15) is 0 Å². The van der Waals surface area contributed by atoms with E-state index in [0.717, 1.165) is 31.8 Å². The molecule has 1 aliphatic heterocycles. The van der Waals surface area contributed by atoms with Crippen LogP contribution in [0.25, 0.3) is 0 Å². The van der Waals surface area contributed by atoms with Gasteiger partial charge < -0.3 is 15.0 Å². The van der Waals surface area contributed by atoms with Crippen molar-refractivity contribution in [1.29, 1.82) is 0 Å². The molecule has 4 heteroatoms. The lowest BCUT2D eigenvalue weighted by molar-refractivity contribution is -0.0190. The largest absolute Gasteiger partial charge is 0.374 e. The van der Waals surface area contributed by atoms with E-state index >= 15 is 0 Å². The monoisotopic (exact) mass is 266 g/mol. The highest BCUT2D eigenvalue weighted by atomic mass is 19.1. The average molecular weight is 266 g/mol. The molecule has 0 bridgehead atoms. The van der Waals surface area contributed by atoms with Crippen molar-refractivity contribution in [2.24, 2.45) is 0 Å². The van der Waals surface area contributed by atoms with Crippen molar-refractivity contribution in [3.05, 3.63) is 35.1 Å². The second-order valence-corrected chi connectivity index (χ2v) is 5.39. The fraction of sp³-hybridized carbons (Fsp3) is 0.600. The summed E-state index contributed by atoms with van der Waals surface area (Å²) in [7, 11) is 2.11. The molecule has 0 saturated carbocycles. The summed E-state index contributed by atoms with van der Waals surface area (Å²) in [6.45, 7) is 7.36. The van der Waals surface area contributed by atoms with Crippen LogP contribution in [0.5, 0.6) is 0 Å². The maximum atomic E-state index is 13.5. The minimum Gasteiger partial charge on any atom is -0.374 e. The van der Waals surface area contributed by atoms with Crippen LogP contribution in [0.3, 0.4) is 0 Å². The highest BCUT2D eigenvalue weighted by Crippen LogP contribution is 2.16. The lowest BCUT2D eigenvalue weighted by atomic mass is 10.1. The maximum absolute atomic E-state index is 13.5. The van der Waals surface area contributed by atoms with Crippen LogP contribution in [0, 0.1) is 12.7 Å². The molecule has 106 valence electrons. The van der Waals surface area contributed by atoms with Crippen LogP contribution in [-0.2, 0) is 4.74 Å². The molecule has 0 aliphatic carbocycles. The standard InChI is InChI=1S/C15H23FN2O/c1-11-4-5-13(8-15(11)16)12(2)17-9-14-10-18(3)6-7-19-14/h4-5,8,12,14,17H,6-7,9-10H2,1-3H3. The Hall–Kier alpha value is -0.970. The highest BCUT2D eigenvalue weighted by Gasteiger charge is 2.18. The lowest BCUT2D eigenvalue weighted by Gasteiger charge is -2.31. The Labute approximate surface area is 114 Å². The quantitative estimate of drug-likeness (QED) is 0.903. The number of ether oxygens (including phenoxy) is 1. The molecule has 1 heterocycles. The Morgan fingerprint density at radius 2 is 2.32 bits per heavy atom. The summed E-state index contributed by atoms with van der Waals surface area (Å²) < 4.78 is 19.2. The molecule has 1 saturated heterocycles. The van der Waals surface area contributed by atoms with Gasteiger partial charge in [-0.25, -0.2) is 4.39 Å². The summed E-state index contributed by atoms with van der Waals surface area (Å²) in [5, 5.41) is 3.42. The minimum absolute atomic E-state index is 0.130. The summed E-state index contributed by atoms with van der Waals surface area (Å²) in [5.41, 5.74) is 1.67. The van der Waals surface area contributed by atoms with Gasteiger partial charge in [-0.05, 0) is 38.1 Å². The van der Waals surface area contributed by atoms with E-state index in [-0.39, 0.29) is 18.0 Å².